The standard InChI is InChI=1S/C14H18N2O2S2/c1-9-7-16-14(19-9)10(2)15-8-12-5-4-11(20-12)6-13(17)18-3/h4-5,7,10,15H,6,8H2,1-3H3. The van der Waals surface area contributed by atoms with E-state index in [4.69, 9.17) is 0 Å². The molecule has 0 aromatic carbocycles. The predicted octanol–water partition coefficient (Wildman–Crippen LogP) is 3.08. The summed E-state index contributed by atoms with van der Waals surface area (Å²) in [5.74, 6) is -0.196. The van der Waals surface area contributed by atoms with Crippen molar-refractivity contribution in [3.63, 3.8) is 0 Å². The average Bonchev–Trinajstić information content (AvgIpc) is 3.05. The summed E-state index contributed by atoms with van der Waals surface area (Å²) in [5, 5.41) is 4.56. The van der Waals surface area contributed by atoms with Crippen LogP contribution >= 0.6 is 22.7 Å². The minimum absolute atomic E-state index is 0.196. The van der Waals surface area contributed by atoms with E-state index in [1.165, 1.54) is 16.9 Å². The highest BCUT2D eigenvalue weighted by molar-refractivity contribution is 7.12. The molecular formula is C14H18N2O2S2. The number of hydrogen-bond donors (Lipinski definition) is 1. The quantitative estimate of drug-likeness (QED) is 0.833. The summed E-state index contributed by atoms with van der Waals surface area (Å²) in [4.78, 5) is 19.1. The number of hydrogen-bond acceptors (Lipinski definition) is 6. The van der Waals surface area contributed by atoms with Gasteiger partial charge in [-0.3, -0.25) is 4.79 Å². The van der Waals surface area contributed by atoms with Crippen molar-refractivity contribution < 1.29 is 9.53 Å². The van der Waals surface area contributed by atoms with E-state index in [0.717, 1.165) is 16.4 Å². The molecule has 0 aliphatic rings. The number of aromatic nitrogens is 1. The summed E-state index contributed by atoms with van der Waals surface area (Å²) >= 11 is 3.35. The molecule has 1 N–H and O–H groups in total. The third-order valence-electron chi connectivity index (χ3n) is 2.86. The summed E-state index contributed by atoms with van der Waals surface area (Å²) in [6.07, 6.45) is 2.25. The molecule has 0 fully saturated rings. The molecule has 0 spiro atoms. The van der Waals surface area contributed by atoms with Gasteiger partial charge in [0.15, 0.2) is 0 Å². The van der Waals surface area contributed by atoms with Crippen molar-refractivity contribution >= 4 is 28.6 Å². The maximum absolute atomic E-state index is 11.2. The van der Waals surface area contributed by atoms with Crippen LogP contribution in [-0.2, 0) is 22.5 Å². The Morgan fingerprint density at radius 2 is 2.15 bits per heavy atom. The zero-order valence-corrected chi connectivity index (χ0v) is 13.4. The van der Waals surface area contributed by atoms with E-state index < -0.39 is 0 Å². The van der Waals surface area contributed by atoms with Gasteiger partial charge in [-0.05, 0) is 26.0 Å². The van der Waals surface area contributed by atoms with E-state index in [2.05, 4.69) is 35.0 Å². The van der Waals surface area contributed by atoms with Crippen LogP contribution in [0.15, 0.2) is 18.3 Å². The first-order chi connectivity index (χ1) is 9.58. The molecule has 108 valence electrons. The predicted molar refractivity (Wildman–Crippen MR) is 82.1 cm³/mol. The van der Waals surface area contributed by atoms with Gasteiger partial charge in [0.25, 0.3) is 0 Å². The largest absolute Gasteiger partial charge is 0.469 e. The average molecular weight is 310 g/mol. The smallest absolute Gasteiger partial charge is 0.310 e. The number of nitrogens with one attached hydrogen (secondary N) is 1. The van der Waals surface area contributed by atoms with Gasteiger partial charge in [0, 0.05) is 27.4 Å². The summed E-state index contributed by atoms with van der Waals surface area (Å²) in [6.45, 7) is 4.96. The van der Waals surface area contributed by atoms with Crippen LogP contribution in [0.5, 0.6) is 0 Å². The molecule has 1 unspecified atom stereocenters. The Morgan fingerprint density at radius 3 is 2.80 bits per heavy atom. The Bertz CT molecular complexity index is 577. The highest BCUT2D eigenvalue weighted by atomic mass is 32.1. The van der Waals surface area contributed by atoms with Crippen LogP contribution in [0.3, 0.4) is 0 Å². The second-order valence-electron chi connectivity index (χ2n) is 4.53. The first-order valence-corrected chi connectivity index (χ1v) is 8.02. The molecule has 0 saturated carbocycles. The molecule has 2 aromatic rings. The van der Waals surface area contributed by atoms with E-state index in [-0.39, 0.29) is 12.0 Å². The first kappa shape index (κ1) is 15.2. The highest BCUT2D eigenvalue weighted by Gasteiger charge is 2.10. The molecule has 0 aliphatic heterocycles. The zero-order chi connectivity index (χ0) is 14.5. The lowest BCUT2D eigenvalue weighted by Gasteiger charge is -2.09. The molecule has 4 nitrogen and oxygen atoms in total. The lowest BCUT2D eigenvalue weighted by molar-refractivity contribution is -0.139. The van der Waals surface area contributed by atoms with E-state index in [0.29, 0.717) is 6.42 Å². The molecule has 0 amide bonds. The van der Waals surface area contributed by atoms with Crippen LogP contribution in [0, 0.1) is 6.92 Å². The van der Waals surface area contributed by atoms with Gasteiger partial charge in [0.1, 0.15) is 5.01 Å². The van der Waals surface area contributed by atoms with Crippen LogP contribution in [0.2, 0.25) is 0 Å². The third-order valence-corrected chi connectivity index (χ3v) is 5.04. The first-order valence-electron chi connectivity index (χ1n) is 6.38. The number of thiophene rings is 1. The van der Waals surface area contributed by atoms with Crippen LogP contribution in [0.25, 0.3) is 0 Å². The molecule has 2 heterocycles. The van der Waals surface area contributed by atoms with Crippen molar-refractivity contribution in [1.82, 2.24) is 10.3 Å². The minimum atomic E-state index is -0.196. The molecule has 0 bridgehead atoms. The fraction of sp³-hybridized carbons (Fsp3) is 0.429. The Hall–Kier alpha value is -1.24. The number of carbonyl (C=O) groups is 1. The maximum atomic E-state index is 11.2. The second kappa shape index (κ2) is 6.97. The number of aryl methyl sites for hydroxylation is 1. The van der Waals surface area contributed by atoms with Crippen LogP contribution in [0.4, 0.5) is 0 Å². The van der Waals surface area contributed by atoms with Gasteiger partial charge in [-0.15, -0.1) is 22.7 Å². The number of nitrogens with zero attached hydrogens (tertiary/aromatic N) is 1. The van der Waals surface area contributed by atoms with Crippen molar-refractivity contribution in [3.05, 3.63) is 38.0 Å². The van der Waals surface area contributed by atoms with Gasteiger partial charge in [-0.2, -0.15) is 0 Å². The van der Waals surface area contributed by atoms with Gasteiger partial charge in [0.05, 0.1) is 19.6 Å². The fourth-order valence-corrected chi connectivity index (χ4v) is 3.50. The Balaban J connectivity index is 1.86. The molecular weight excluding hydrogens is 292 g/mol. The summed E-state index contributed by atoms with van der Waals surface area (Å²) < 4.78 is 4.67. The molecule has 1 atom stereocenters. The normalized spacial score (nSPS) is 12.3. The molecule has 0 aliphatic carbocycles. The lowest BCUT2D eigenvalue weighted by Crippen LogP contribution is -2.17. The van der Waals surface area contributed by atoms with E-state index >= 15 is 0 Å². The van der Waals surface area contributed by atoms with Gasteiger partial charge < -0.3 is 10.1 Å². The second-order valence-corrected chi connectivity index (χ2v) is 7.05. The van der Waals surface area contributed by atoms with Crippen molar-refractivity contribution in [2.24, 2.45) is 0 Å². The molecule has 0 saturated heterocycles. The lowest BCUT2D eigenvalue weighted by atomic mass is 10.3. The van der Waals surface area contributed by atoms with E-state index in [9.17, 15) is 4.79 Å². The van der Waals surface area contributed by atoms with Gasteiger partial charge in [0.2, 0.25) is 0 Å². The SMILES string of the molecule is COC(=O)Cc1ccc(CNC(C)c2ncc(C)s2)s1. The number of carbonyl (C=O) groups excluding carboxylic acids is 1. The van der Waals surface area contributed by atoms with E-state index in [1.807, 2.05) is 12.3 Å². The Labute approximate surface area is 126 Å². The molecule has 2 rings (SSSR count). The number of rotatable bonds is 6. The summed E-state index contributed by atoms with van der Waals surface area (Å²) in [6, 6.07) is 4.27. The number of esters is 1. The Kier molecular flexibility index (Phi) is 5.28. The van der Waals surface area contributed by atoms with Crippen molar-refractivity contribution in [2.75, 3.05) is 7.11 Å². The minimum Gasteiger partial charge on any atom is -0.469 e. The number of thiazole rings is 1. The van der Waals surface area contributed by atoms with Gasteiger partial charge in [-0.25, -0.2) is 4.98 Å². The molecule has 20 heavy (non-hydrogen) atoms. The molecule has 2 aromatic heterocycles. The fourth-order valence-electron chi connectivity index (χ4n) is 1.74. The highest BCUT2D eigenvalue weighted by Crippen LogP contribution is 2.21. The third kappa shape index (κ3) is 4.13. The Morgan fingerprint density at radius 1 is 1.40 bits per heavy atom. The van der Waals surface area contributed by atoms with Crippen molar-refractivity contribution in [1.29, 1.82) is 0 Å². The maximum Gasteiger partial charge on any atom is 0.310 e. The van der Waals surface area contributed by atoms with Gasteiger partial charge in [-0.1, -0.05) is 0 Å². The van der Waals surface area contributed by atoms with E-state index in [1.54, 1.807) is 22.7 Å². The van der Waals surface area contributed by atoms with Crippen LogP contribution in [-0.4, -0.2) is 18.1 Å². The molecule has 6 heteroatoms. The summed E-state index contributed by atoms with van der Waals surface area (Å²) in [7, 11) is 1.41. The van der Waals surface area contributed by atoms with Gasteiger partial charge >= 0.3 is 5.97 Å². The topological polar surface area (TPSA) is 51.2 Å². The van der Waals surface area contributed by atoms with Crippen LogP contribution < -0.4 is 5.32 Å². The van der Waals surface area contributed by atoms with Crippen LogP contribution in [0.1, 0.15) is 32.6 Å². The summed E-state index contributed by atoms with van der Waals surface area (Å²) in [5.41, 5.74) is 0. The monoisotopic (exact) mass is 310 g/mol. The zero-order valence-electron chi connectivity index (χ0n) is 11.8. The van der Waals surface area contributed by atoms with Crippen molar-refractivity contribution in [3.8, 4) is 0 Å². The number of methoxy groups -OCH3 is 1. The number of ether oxygens (including phenoxy) is 1. The molecule has 0 radical (unpaired) electrons. The van der Waals surface area contributed by atoms with Crippen molar-refractivity contribution in [2.45, 2.75) is 32.9 Å².